The molecular formula is C12H20N4O2. The highest BCUT2D eigenvalue weighted by molar-refractivity contribution is 5.20. The SMILES string of the molecule is CCCOc1nc(N)nc(OCC2CCCC2)n1. The summed E-state index contributed by atoms with van der Waals surface area (Å²) in [7, 11) is 0. The van der Waals surface area contributed by atoms with Crippen LogP contribution in [0.25, 0.3) is 0 Å². The molecule has 6 heteroatoms. The third kappa shape index (κ3) is 3.72. The zero-order chi connectivity index (χ0) is 12.8. The maximum Gasteiger partial charge on any atom is 0.324 e. The molecule has 6 nitrogen and oxygen atoms in total. The van der Waals surface area contributed by atoms with Crippen molar-refractivity contribution in [1.82, 2.24) is 15.0 Å². The Balaban J connectivity index is 1.91. The summed E-state index contributed by atoms with van der Waals surface area (Å²) >= 11 is 0. The Morgan fingerprint density at radius 1 is 1.11 bits per heavy atom. The lowest BCUT2D eigenvalue weighted by atomic mass is 10.1. The molecule has 1 aliphatic rings. The predicted octanol–water partition coefficient (Wildman–Crippen LogP) is 1.81. The maximum atomic E-state index is 5.59. The van der Waals surface area contributed by atoms with Gasteiger partial charge in [-0.2, -0.15) is 9.97 Å². The number of hydrogen-bond acceptors (Lipinski definition) is 6. The van der Waals surface area contributed by atoms with Crippen LogP contribution in [0.2, 0.25) is 0 Å². The van der Waals surface area contributed by atoms with Crippen molar-refractivity contribution in [2.45, 2.75) is 39.0 Å². The van der Waals surface area contributed by atoms with Gasteiger partial charge in [-0.1, -0.05) is 19.8 Å². The minimum absolute atomic E-state index is 0.137. The first kappa shape index (κ1) is 12.9. The smallest absolute Gasteiger partial charge is 0.324 e. The third-order valence-electron chi connectivity index (χ3n) is 2.97. The zero-order valence-electron chi connectivity index (χ0n) is 10.8. The molecule has 0 atom stereocenters. The van der Waals surface area contributed by atoms with E-state index >= 15 is 0 Å². The van der Waals surface area contributed by atoms with Gasteiger partial charge in [-0.05, 0) is 25.2 Å². The summed E-state index contributed by atoms with van der Waals surface area (Å²) < 4.78 is 10.9. The van der Waals surface area contributed by atoms with Crippen molar-refractivity contribution in [3.8, 4) is 12.0 Å². The molecule has 1 aromatic rings. The van der Waals surface area contributed by atoms with E-state index in [0.29, 0.717) is 19.1 Å². The van der Waals surface area contributed by atoms with E-state index in [1.54, 1.807) is 0 Å². The number of nitrogen functional groups attached to an aromatic ring is 1. The Morgan fingerprint density at radius 2 is 1.78 bits per heavy atom. The Hall–Kier alpha value is -1.59. The fourth-order valence-electron chi connectivity index (χ4n) is 2.04. The average Bonchev–Trinajstić information content (AvgIpc) is 2.86. The van der Waals surface area contributed by atoms with Crippen molar-refractivity contribution in [2.24, 2.45) is 5.92 Å². The zero-order valence-corrected chi connectivity index (χ0v) is 10.8. The van der Waals surface area contributed by atoms with E-state index < -0.39 is 0 Å². The van der Waals surface area contributed by atoms with Gasteiger partial charge in [0.05, 0.1) is 13.2 Å². The van der Waals surface area contributed by atoms with Gasteiger partial charge in [0, 0.05) is 0 Å². The van der Waals surface area contributed by atoms with E-state index in [0.717, 1.165) is 6.42 Å². The number of nitrogens with two attached hydrogens (primary N) is 1. The fourth-order valence-corrected chi connectivity index (χ4v) is 2.04. The van der Waals surface area contributed by atoms with Crippen LogP contribution in [0.5, 0.6) is 12.0 Å². The quantitative estimate of drug-likeness (QED) is 0.831. The van der Waals surface area contributed by atoms with Crippen LogP contribution >= 0.6 is 0 Å². The molecule has 2 N–H and O–H groups in total. The number of anilines is 1. The summed E-state index contributed by atoms with van der Waals surface area (Å²) in [5, 5.41) is 0. The van der Waals surface area contributed by atoms with Gasteiger partial charge in [0.2, 0.25) is 5.95 Å². The normalized spacial score (nSPS) is 15.8. The molecule has 1 saturated carbocycles. The Bertz CT molecular complexity index is 380. The van der Waals surface area contributed by atoms with Gasteiger partial charge in [0.25, 0.3) is 0 Å². The van der Waals surface area contributed by atoms with Crippen molar-refractivity contribution in [1.29, 1.82) is 0 Å². The van der Waals surface area contributed by atoms with E-state index in [1.165, 1.54) is 25.7 Å². The lowest BCUT2D eigenvalue weighted by molar-refractivity contribution is 0.224. The molecule has 2 rings (SSSR count). The second kappa shape index (κ2) is 6.37. The molecule has 0 radical (unpaired) electrons. The van der Waals surface area contributed by atoms with E-state index in [2.05, 4.69) is 15.0 Å². The summed E-state index contributed by atoms with van der Waals surface area (Å²) in [5.74, 6) is 0.750. The van der Waals surface area contributed by atoms with Crippen LogP contribution in [-0.4, -0.2) is 28.2 Å². The minimum atomic E-state index is 0.137. The Kier molecular flexibility index (Phi) is 4.55. The van der Waals surface area contributed by atoms with E-state index in [1.807, 2.05) is 6.92 Å². The Labute approximate surface area is 107 Å². The topological polar surface area (TPSA) is 83.2 Å². The number of hydrogen-bond donors (Lipinski definition) is 1. The fraction of sp³-hybridized carbons (Fsp3) is 0.750. The van der Waals surface area contributed by atoms with E-state index in [-0.39, 0.29) is 18.0 Å². The number of ether oxygens (including phenoxy) is 2. The predicted molar refractivity (Wildman–Crippen MR) is 67.5 cm³/mol. The highest BCUT2D eigenvalue weighted by atomic mass is 16.5. The van der Waals surface area contributed by atoms with Crippen molar-refractivity contribution in [3.63, 3.8) is 0 Å². The van der Waals surface area contributed by atoms with Gasteiger partial charge in [-0.15, -0.1) is 4.98 Å². The van der Waals surface area contributed by atoms with Gasteiger partial charge in [-0.25, -0.2) is 0 Å². The second-order valence-electron chi connectivity index (χ2n) is 4.57. The van der Waals surface area contributed by atoms with Crippen molar-refractivity contribution in [3.05, 3.63) is 0 Å². The first-order valence-corrected chi connectivity index (χ1v) is 6.55. The van der Waals surface area contributed by atoms with Crippen molar-refractivity contribution >= 4 is 5.95 Å². The molecule has 100 valence electrons. The molecular weight excluding hydrogens is 232 g/mol. The summed E-state index contributed by atoms with van der Waals surface area (Å²) in [6.07, 6.45) is 5.92. The number of nitrogens with zero attached hydrogens (tertiary/aromatic N) is 3. The number of aromatic nitrogens is 3. The standard InChI is InChI=1S/C12H20N4O2/c1-2-7-17-11-14-10(13)15-12(16-11)18-8-9-5-3-4-6-9/h9H,2-8H2,1H3,(H2,13,14,15,16). The molecule has 1 aromatic heterocycles. The lowest BCUT2D eigenvalue weighted by Crippen LogP contribution is -2.12. The summed E-state index contributed by atoms with van der Waals surface area (Å²) in [5.41, 5.74) is 5.59. The van der Waals surface area contributed by atoms with Crippen molar-refractivity contribution < 1.29 is 9.47 Å². The molecule has 0 unspecified atom stereocenters. The highest BCUT2D eigenvalue weighted by Crippen LogP contribution is 2.25. The van der Waals surface area contributed by atoms with Gasteiger partial charge < -0.3 is 15.2 Å². The van der Waals surface area contributed by atoms with Crippen LogP contribution in [-0.2, 0) is 0 Å². The highest BCUT2D eigenvalue weighted by Gasteiger charge is 2.16. The van der Waals surface area contributed by atoms with Crippen molar-refractivity contribution in [2.75, 3.05) is 18.9 Å². The second-order valence-corrected chi connectivity index (χ2v) is 4.57. The van der Waals surface area contributed by atoms with Gasteiger partial charge in [-0.3, -0.25) is 0 Å². The molecule has 1 heterocycles. The Morgan fingerprint density at radius 3 is 2.44 bits per heavy atom. The van der Waals surface area contributed by atoms with Crippen LogP contribution in [0, 0.1) is 5.92 Å². The molecule has 0 amide bonds. The van der Waals surface area contributed by atoms with E-state index in [4.69, 9.17) is 15.2 Å². The monoisotopic (exact) mass is 252 g/mol. The number of rotatable bonds is 6. The first-order valence-electron chi connectivity index (χ1n) is 6.55. The molecule has 0 aromatic carbocycles. The lowest BCUT2D eigenvalue weighted by Gasteiger charge is -2.10. The summed E-state index contributed by atoms with van der Waals surface area (Å²) in [6.45, 7) is 3.23. The molecule has 1 fully saturated rings. The van der Waals surface area contributed by atoms with Crippen LogP contribution in [0.4, 0.5) is 5.95 Å². The van der Waals surface area contributed by atoms with Crippen LogP contribution < -0.4 is 15.2 Å². The van der Waals surface area contributed by atoms with Gasteiger partial charge in [0.15, 0.2) is 0 Å². The molecule has 0 saturated heterocycles. The van der Waals surface area contributed by atoms with Gasteiger partial charge in [0.1, 0.15) is 0 Å². The third-order valence-corrected chi connectivity index (χ3v) is 2.97. The first-order chi connectivity index (χ1) is 8.78. The molecule has 0 aliphatic heterocycles. The molecule has 0 bridgehead atoms. The van der Waals surface area contributed by atoms with Crippen LogP contribution in [0.15, 0.2) is 0 Å². The van der Waals surface area contributed by atoms with Crippen LogP contribution in [0.3, 0.4) is 0 Å². The minimum Gasteiger partial charge on any atom is -0.463 e. The molecule has 18 heavy (non-hydrogen) atoms. The largest absolute Gasteiger partial charge is 0.463 e. The molecule has 0 spiro atoms. The summed E-state index contributed by atoms with van der Waals surface area (Å²) in [6, 6.07) is 0.506. The summed E-state index contributed by atoms with van der Waals surface area (Å²) in [4.78, 5) is 11.9. The average molecular weight is 252 g/mol. The molecule has 1 aliphatic carbocycles. The van der Waals surface area contributed by atoms with Crippen LogP contribution in [0.1, 0.15) is 39.0 Å². The van der Waals surface area contributed by atoms with E-state index in [9.17, 15) is 0 Å². The van der Waals surface area contributed by atoms with Gasteiger partial charge >= 0.3 is 12.0 Å². The maximum absolute atomic E-state index is 5.59.